The number of para-hydroxylation sites is 1. The van der Waals surface area contributed by atoms with Gasteiger partial charge in [0.15, 0.2) is 6.17 Å². The van der Waals surface area contributed by atoms with Crippen LogP contribution in [0, 0.1) is 0 Å². The summed E-state index contributed by atoms with van der Waals surface area (Å²) in [5.41, 5.74) is 1.94. The second-order valence-electron chi connectivity index (χ2n) is 6.59. The molecule has 32 heavy (non-hydrogen) atoms. The molecule has 0 saturated heterocycles. The van der Waals surface area contributed by atoms with Crippen molar-refractivity contribution in [1.29, 1.82) is 0 Å². The van der Waals surface area contributed by atoms with E-state index in [0.29, 0.717) is 18.3 Å². The molecule has 1 heterocycles. The van der Waals surface area contributed by atoms with Gasteiger partial charge in [-0.3, -0.25) is 0 Å². The Labute approximate surface area is 207 Å². The molecule has 0 aliphatic rings. The Bertz CT molecular complexity index is 962. The smallest absolute Gasteiger partial charge is 0.385 e. The fraction of sp³-hybridized carbons (Fsp3) is 0.318. The van der Waals surface area contributed by atoms with Crippen molar-refractivity contribution in [2.45, 2.75) is 23.8 Å². The fourth-order valence-corrected chi connectivity index (χ4v) is 4.44. The summed E-state index contributed by atoms with van der Waals surface area (Å²) in [5, 5.41) is 0.611. The number of hydrogen-bond acceptors (Lipinski definition) is 6. The lowest BCUT2D eigenvalue weighted by molar-refractivity contribution is -0.509. The van der Waals surface area contributed by atoms with E-state index in [4.69, 9.17) is 49.3 Å². The Morgan fingerprint density at radius 2 is 1.59 bits per heavy atom. The van der Waals surface area contributed by atoms with Gasteiger partial charge in [0.25, 0.3) is 0 Å². The first kappa shape index (κ1) is 24.6. The van der Waals surface area contributed by atoms with Gasteiger partial charge < -0.3 is 14.4 Å². The topological polar surface area (TPSA) is 50.8 Å². The molecular weight excluding hydrogens is 491 g/mol. The normalized spacial score (nSPS) is 12.2. The van der Waals surface area contributed by atoms with Crippen molar-refractivity contribution in [3.63, 3.8) is 0 Å². The van der Waals surface area contributed by atoms with Gasteiger partial charge in [-0.05, 0) is 43.1 Å². The van der Waals surface area contributed by atoms with Gasteiger partial charge in [-0.1, -0.05) is 71.2 Å². The maximum Gasteiger partial charge on any atom is 0.385 e. The van der Waals surface area contributed by atoms with Crippen molar-refractivity contribution in [2.24, 2.45) is 4.99 Å². The zero-order valence-electron chi connectivity index (χ0n) is 17.9. The minimum absolute atomic E-state index is 0.0638. The predicted octanol–water partition coefficient (Wildman–Crippen LogP) is 5.65. The Hall–Kier alpha value is -2.06. The van der Waals surface area contributed by atoms with E-state index in [9.17, 15) is 0 Å². The molecule has 0 fully saturated rings. The first-order valence-electron chi connectivity index (χ1n) is 10.0. The molecule has 1 aromatic heterocycles. The molecule has 3 aromatic rings. The van der Waals surface area contributed by atoms with Crippen molar-refractivity contribution in [2.75, 3.05) is 25.2 Å². The highest BCUT2D eigenvalue weighted by atomic mass is 35.6. The molecule has 0 N–H and O–H groups in total. The fourth-order valence-electron chi connectivity index (χ4n) is 2.88. The van der Waals surface area contributed by atoms with E-state index in [1.165, 1.54) is 11.5 Å². The van der Waals surface area contributed by atoms with Crippen LogP contribution in [-0.4, -0.2) is 41.3 Å². The first-order chi connectivity index (χ1) is 15.3. The van der Waals surface area contributed by atoms with Crippen LogP contribution in [0.4, 0.5) is 5.13 Å². The van der Waals surface area contributed by atoms with Crippen molar-refractivity contribution >= 4 is 57.6 Å². The molecule has 0 amide bonds. The molecule has 1 atom stereocenters. The molecule has 3 rings (SSSR count). The highest BCUT2D eigenvalue weighted by Gasteiger charge is 2.41. The third-order valence-electron chi connectivity index (χ3n) is 4.31. The summed E-state index contributed by atoms with van der Waals surface area (Å²) >= 11 is 20.3. The molecule has 0 spiro atoms. The van der Waals surface area contributed by atoms with Gasteiger partial charge >= 0.3 is 17.0 Å². The lowest BCUT2D eigenvalue weighted by Gasteiger charge is -2.27. The van der Waals surface area contributed by atoms with Crippen LogP contribution < -0.4 is 8.86 Å². The van der Waals surface area contributed by atoms with E-state index >= 15 is 0 Å². The summed E-state index contributed by atoms with van der Waals surface area (Å²) in [6.45, 7) is 4.41. The van der Waals surface area contributed by atoms with Crippen LogP contribution in [0.1, 0.15) is 13.8 Å². The molecule has 0 aliphatic heterocycles. The second kappa shape index (κ2) is 11.2. The van der Waals surface area contributed by atoms with E-state index in [2.05, 4.69) is 4.99 Å². The number of benzene rings is 2. The average Bonchev–Trinajstić information content (AvgIpc) is 3.23. The van der Waals surface area contributed by atoms with E-state index in [1.807, 2.05) is 78.5 Å². The van der Waals surface area contributed by atoms with Gasteiger partial charge in [0.2, 0.25) is 3.79 Å². The first-order valence-corrected chi connectivity index (χ1v) is 11.9. The number of aliphatic imine (C=N–C) groups is 1. The number of rotatable bonds is 7. The average molecular weight is 515 g/mol. The Kier molecular flexibility index (Phi) is 8.59. The lowest BCUT2D eigenvalue weighted by Crippen LogP contribution is -2.41. The van der Waals surface area contributed by atoms with Crippen molar-refractivity contribution in [3.05, 3.63) is 60.7 Å². The predicted molar refractivity (Wildman–Crippen MR) is 132 cm³/mol. The highest BCUT2D eigenvalue weighted by molar-refractivity contribution is 7.06. The van der Waals surface area contributed by atoms with Crippen LogP contribution >= 0.6 is 46.3 Å². The molecule has 0 radical (unpaired) electrons. The Morgan fingerprint density at radius 3 is 2.12 bits per heavy atom. The molecule has 0 unspecified atom stereocenters. The minimum atomic E-state index is -1.76. The molecule has 0 aliphatic carbocycles. The number of ether oxygens (including phenoxy) is 2. The molecule has 170 valence electrons. The zero-order valence-corrected chi connectivity index (χ0v) is 21.0. The quantitative estimate of drug-likeness (QED) is 0.177. The molecular formula is C22H24Cl3N4O2S+. The van der Waals surface area contributed by atoms with E-state index in [1.54, 1.807) is 11.9 Å². The van der Waals surface area contributed by atoms with Crippen LogP contribution in [0.2, 0.25) is 0 Å². The second-order valence-corrected chi connectivity index (χ2v) is 9.87. The van der Waals surface area contributed by atoms with Crippen LogP contribution in [-0.2, 0) is 9.47 Å². The summed E-state index contributed by atoms with van der Waals surface area (Å²) < 4.78 is 11.2. The lowest BCUT2D eigenvalue weighted by atomic mass is 10.2. The number of aromatic nitrogens is 2. The van der Waals surface area contributed by atoms with Crippen molar-refractivity contribution < 1.29 is 13.4 Å². The third kappa shape index (κ3) is 6.04. The molecule has 2 aromatic carbocycles. The summed E-state index contributed by atoms with van der Waals surface area (Å²) in [7, 11) is 1.77. The monoisotopic (exact) mass is 513 g/mol. The number of anilines is 1. The largest absolute Gasteiger partial charge is 0.451 e. The standard InChI is InChI=1S/C22H24Cl3N4O2S/c1-4-30-21(31-5-2)27-19(22(23,24)25)28(3)20-26-18(16-12-8-6-9-13-16)29(32-20)17-14-10-7-11-15-17/h6-15,19H,4-5H2,1-3H3/q+1/t19-/m1/s1. The molecule has 0 saturated carbocycles. The summed E-state index contributed by atoms with van der Waals surface area (Å²) in [6.07, 6.45) is -0.867. The van der Waals surface area contributed by atoms with Crippen molar-refractivity contribution in [3.8, 4) is 17.1 Å². The number of nitrogens with zero attached hydrogens (tertiary/aromatic N) is 4. The molecule has 0 bridgehead atoms. The van der Waals surface area contributed by atoms with Crippen molar-refractivity contribution in [1.82, 2.24) is 4.98 Å². The van der Waals surface area contributed by atoms with Gasteiger partial charge in [0.1, 0.15) is 17.2 Å². The van der Waals surface area contributed by atoms with Gasteiger partial charge in [-0.2, -0.15) is 4.99 Å². The number of halogens is 3. The van der Waals surface area contributed by atoms with Crippen LogP contribution in [0.5, 0.6) is 0 Å². The number of hydrogen-bond donors (Lipinski definition) is 0. The zero-order chi connectivity index (χ0) is 23.1. The SMILES string of the molecule is CCOC(=N[C@H](N(C)c1nc(-c2ccccc2)[n+](-c2ccccc2)s1)C(Cl)(Cl)Cl)OCC. The molecule has 6 nitrogen and oxygen atoms in total. The summed E-state index contributed by atoms with van der Waals surface area (Å²) in [5.74, 6) is 0.769. The minimum Gasteiger partial charge on any atom is -0.451 e. The third-order valence-corrected chi connectivity index (χ3v) is 6.01. The van der Waals surface area contributed by atoms with Crippen LogP contribution in [0.15, 0.2) is 65.7 Å². The van der Waals surface area contributed by atoms with Crippen LogP contribution in [0.3, 0.4) is 0 Å². The van der Waals surface area contributed by atoms with Gasteiger partial charge in [-0.15, -0.1) is 3.96 Å². The summed E-state index contributed by atoms with van der Waals surface area (Å²) in [6, 6.07) is 19.9. The van der Waals surface area contributed by atoms with Crippen LogP contribution in [0.25, 0.3) is 17.1 Å². The Morgan fingerprint density at radius 1 is 1.03 bits per heavy atom. The molecule has 10 heteroatoms. The Balaban J connectivity index is 2.08. The summed E-state index contributed by atoms with van der Waals surface area (Å²) in [4.78, 5) is 11.0. The van der Waals surface area contributed by atoms with Gasteiger partial charge in [-0.25, -0.2) is 0 Å². The number of alkyl halides is 3. The van der Waals surface area contributed by atoms with E-state index < -0.39 is 9.96 Å². The maximum absolute atomic E-state index is 6.31. The van der Waals surface area contributed by atoms with E-state index in [0.717, 1.165) is 17.1 Å². The van der Waals surface area contributed by atoms with Gasteiger partial charge in [0.05, 0.1) is 18.8 Å². The van der Waals surface area contributed by atoms with Gasteiger partial charge in [0, 0.05) is 7.05 Å². The van der Waals surface area contributed by atoms with E-state index in [-0.39, 0.29) is 6.08 Å². The maximum atomic E-state index is 6.31. The highest BCUT2D eigenvalue weighted by Crippen LogP contribution is 2.37.